The van der Waals surface area contributed by atoms with Gasteiger partial charge in [-0.3, -0.25) is 0 Å². The molecule has 0 bridgehead atoms. The van der Waals surface area contributed by atoms with Crippen molar-refractivity contribution >= 4 is 6.09 Å². The Balaban J connectivity index is 1.87. The highest BCUT2D eigenvalue weighted by Crippen LogP contribution is 2.39. The second kappa shape index (κ2) is 4.14. The summed E-state index contributed by atoms with van der Waals surface area (Å²) < 4.78 is 10.7. The molecule has 0 radical (unpaired) electrons. The molecule has 0 aromatic rings. The summed E-state index contributed by atoms with van der Waals surface area (Å²) in [6.07, 6.45) is 0.704. The van der Waals surface area contributed by atoms with Crippen molar-refractivity contribution < 1.29 is 14.3 Å². The molecule has 2 aliphatic rings. The number of rotatable bonds is 0. The largest absolute Gasteiger partial charge is 0.444 e. The van der Waals surface area contributed by atoms with Crippen LogP contribution in [0.1, 0.15) is 27.2 Å². The lowest BCUT2D eigenvalue weighted by Crippen LogP contribution is -2.68. The van der Waals surface area contributed by atoms with Gasteiger partial charge in [-0.05, 0) is 27.2 Å². The summed E-state index contributed by atoms with van der Waals surface area (Å²) in [5, 5.41) is 0. The van der Waals surface area contributed by atoms with Crippen molar-refractivity contribution in [1.82, 2.24) is 4.90 Å². The second-order valence-electron chi connectivity index (χ2n) is 6.13. The third kappa shape index (κ3) is 2.55. The molecule has 5 nitrogen and oxygen atoms in total. The number of likely N-dealkylation sites (tertiary alicyclic amines) is 1. The highest BCUT2D eigenvalue weighted by Gasteiger charge is 2.51. The molecule has 2 heterocycles. The fourth-order valence-corrected chi connectivity index (χ4v) is 2.41. The van der Waals surface area contributed by atoms with E-state index in [1.807, 2.05) is 20.8 Å². The Hall–Kier alpha value is -0.810. The van der Waals surface area contributed by atoms with Gasteiger partial charge in [0, 0.05) is 31.2 Å². The minimum Gasteiger partial charge on any atom is -0.444 e. The number of hydrogen-bond donors (Lipinski definition) is 1. The highest BCUT2D eigenvalue weighted by molar-refractivity contribution is 5.69. The molecule has 0 saturated carbocycles. The zero-order valence-corrected chi connectivity index (χ0v) is 10.9. The van der Waals surface area contributed by atoms with Crippen LogP contribution in [-0.4, -0.2) is 48.9 Å². The van der Waals surface area contributed by atoms with E-state index in [1.54, 1.807) is 4.90 Å². The number of amides is 1. The average Bonchev–Trinajstić information content (AvgIpc) is 2.12. The quantitative estimate of drug-likeness (QED) is 0.687. The molecule has 1 atom stereocenters. The molecule has 0 aromatic carbocycles. The molecular weight excluding hydrogens is 220 g/mol. The molecular formula is C12H22N2O3. The van der Waals surface area contributed by atoms with E-state index in [0.717, 1.165) is 13.0 Å². The molecule has 0 aliphatic carbocycles. The van der Waals surface area contributed by atoms with Crippen LogP contribution >= 0.6 is 0 Å². The van der Waals surface area contributed by atoms with Gasteiger partial charge in [0.2, 0.25) is 0 Å². The molecule has 1 amide bonds. The van der Waals surface area contributed by atoms with Crippen LogP contribution < -0.4 is 5.73 Å². The molecule has 0 unspecified atom stereocenters. The maximum absolute atomic E-state index is 11.8. The average molecular weight is 242 g/mol. The Kier molecular flexibility index (Phi) is 3.08. The molecule has 17 heavy (non-hydrogen) atoms. The molecule has 2 rings (SSSR count). The standard InChI is InChI=1S/C12H22N2O3/c1-11(2,3)17-10(15)14-7-12(8-14)4-5-16-6-9(12)13/h9H,4-8,13H2,1-3H3/t9-/m0/s1. The van der Waals surface area contributed by atoms with Crippen LogP contribution in [0.25, 0.3) is 0 Å². The zero-order chi connectivity index (χ0) is 12.7. The molecule has 2 aliphatic heterocycles. The number of carbonyl (C=O) groups is 1. The van der Waals surface area contributed by atoms with Gasteiger partial charge < -0.3 is 20.1 Å². The van der Waals surface area contributed by atoms with Gasteiger partial charge in [0.15, 0.2) is 0 Å². The summed E-state index contributed by atoms with van der Waals surface area (Å²) in [5.74, 6) is 0. The third-order valence-corrected chi connectivity index (χ3v) is 3.49. The Morgan fingerprint density at radius 3 is 2.65 bits per heavy atom. The fourth-order valence-electron chi connectivity index (χ4n) is 2.41. The molecule has 5 heteroatoms. The minimum atomic E-state index is -0.433. The summed E-state index contributed by atoms with van der Waals surface area (Å²) in [6.45, 7) is 8.37. The maximum Gasteiger partial charge on any atom is 0.410 e. The van der Waals surface area contributed by atoms with Crippen molar-refractivity contribution in [3.8, 4) is 0 Å². The highest BCUT2D eigenvalue weighted by atomic mass is 16.6. The predicted molar refractivity (Wildman–Crippen MR) is 63.7 cm³/mol. The molecule has 0 aromatic heterocycles. The van der Waals surface area contributed by atoms with Crippen molar-refractivity contribution in [3.63, 3.8) is 0 Å². The van der Waals surface area contributed by atoms with Crippen LogP contribution in [0.3, 0.4) is 0 Å². The van der Waals surface area contributed by atoms with Crippen molar-refractivity contribution in [2.75, 3.05) is 26.3 Å². The molecule has 2 fully saturated rings. The van der Waals surface area contributed by atoms with Crippen LogP contribution in [0.2, 0.25) is 0 Å². The Morgan fingerprint density at radius 2 is 2.12 bits per heavy atom. The van der Waals surface area contributed by atoms with Gasteiger partial charge in [0.25, 0.3) is 0 Å². The summed E-state index contributed by atoms with van der Waals surface area (Å²) in [7, 11) is 0. The third-order valence-electron chi connectivity index (χ3n) is 3.49. The van der Waals surface area contributed by atoms with Crippen molar-refractivity contribution in [2.24, 2.45) is 11.1 Å². The van der Waals surface area contributed by atoms with E-state index in [9.17, 15) is 4.79 Å². The van der Waals surface area contributed by atoms with Gasteiger partial charge in [-0.15, -0.1) is 0 Å². The van der Waals surface area contributed by atoms with Crippen LogP contribution in [0.15, 0.2) is 0 Å². The molecule has 2 saturated heterocycles. The van der Waals surface area contributed by atoms with Gasteiger partial charge >= 0.3 is 6.09 Å². The van der Waals surface area contributed by atoms with E-state index in [0.29, 0.717) is 19.7 Å². The monoisotopic (exact) mass is 242 g/mol. The first-order valence-corrected chi connectivity index (χ1v) is 6.14. The summed E-state index contributed by atoms with van der Waals surface area (Å²) in [6, 6.07) is 0.0370. The van der Waals surface area contributed by atoms with E-state index >= 15 is 0 Å². The number of nitrogens with two attached hydrogens (primary N) is 1. The van der Waals surface area contributed by atoms with Crippen LogP contribution in [0.4, 0.5) is 4.79 Å². The van der Waals surface area contributed by atoms with Crippen LogP contribution in [-0.2, 0) is 9.47 Å². The van der Waals surface area contributed by atoms with E-state index in [1.165, 1.54) is 0 Å². The Bertz CT molecular complexity index is 305. The van der Waals surface area contributed by atoms with E-state index in [-0.39, 0.29) is 17.6 Å². The first-order valence-electron chi connectivity index (χ1n) is 6.14. The number of hydrogen-bond acceptors (Lipinski definition) is 4. The lowest BCUT2D eigenvalue weighted by Gasteiger charge is -2.54. The Morgan fingerprint density at radius 1 is 1.47 bits per heavy atom. The van der Waals surface area contributed by atoms with Gasteiger partial charge in [-0.25, -0.2) is 4.79 Å². The minimum absolute atomic E-state index is 0.0370. The maximum atomic E-state index is 11.8. The zero-order valence-electron chi connectivity index (χ0n) is 10.9. The lowest BCUT2D eigenvalue weighted by atomic mass is 9.70. The Labute approximate surface area is 102 Å². The van der Waals surface area contributed by atoms with Gasteiger partial charge in [-0.1, -0.05) is 0 Å². The van der Waals surface area contributed by atoms with Crippen LogP contribution in [0, 0.1) is 5.41 Å². The fraction of sp³-hybridized carbons (Fsp3) is 0.917. The number of ether oxygens (including phenoxy) is 2. The predicted octanol–water partition coefficient (Wildman–Crippen LogP) is 0.971. The molecule has 2 N–H and O–H groups in total. The van der Waals surface area contributed by atoms with Crippen molar-refractivity contribution in [3.05, 3.63) is 0 Å². The van der Waals surface area contributed by atoms with Crippen molar-refractivity contribution in [2.45, 2.75) is 38.8 Å². The van der Waals surface area contributed by atoms with Crippen molar-refractivity contribution in [1.29, 1.82) is 0 Å². The van der Waals surface area contributed by atoms with Gasteiger partial charge in [0.1, 0.15) is 5.60 Å². The summed E-state index contributed by atoms with van der Waals surface area (Å²) in [5.41, 5.74) is 5.69. The number of carbonyl (C=O) groups excluding carboxylic acids is 1. The normalized spacial score (nSPS) is 27.8. The first-order chi connectivity index (χ1) is 7.82. The van der Waals surface area contributed by atoms with Gasteiger partial charge in [0.05, 0.1) is 6.61 Å². The smallest absolute Gasteiger partial charge is 0.410 e. The number of nitrogens with zero attached hydrogens (tertiary/aromatic N) is 1. The lowest BCUT2D eigenvalue weighted by molar-refractivity contribution is -0.0961. The first kappa shape index (κ1) is 12.6. The van der Waals surface area contributed by atoms with E-state index in [2.05, 4.69) is 0 Å². The second-order valence-corrected chi connectivity index (χ2v) is 6.13. The van der Waals surface area contributed by atoms with Crippen LogP contribution in [0.5, 0.6) is 0 Å². The van der Waals surface area contributed by atoms with E-state index in [4.69, 9.17) is 15.2 Å². The SMILES string of the molecule is CC(C)(C)OC(=O)N1CC2(CCOC[C@@H]2N)C1. The topological polar surface area (TPSA) is 64.8 Å². The molecule has 1 spiro atoms. The summed E-state index contributed by atoms with van der Waals surface area (Å²) >= 11 is 0. The van der Waals surface area contributed by atoms with E-state index < -0.39 is 5.60 Å². The van der Waals surface area contributed by atoms with Gasteiger partial charge in [-0.2, -0.15) is 0 Å². The molecule has 98 valence electrons. The summed E-state index contributed by atoms with van der Waals surface area (Å²) in [4.78, 5) is 13.5.